The number of rotatable bonds is 30. The van der Waals surface area contributed by atoms with Crippen molar-refractivity contribution in [1.29, 1.82) is 0 Å². The summed E-state index contributed by atoms with van der Waals surface area (Å²) in [5.41, 5.74) is 5.63. The van der Waals surface area contributed by atoms with Crippen molar-refractivity contribution < 1.29 is 78.3 Å². The summed E-state index contributed by atoms with van der Waals surface area (Å²) in [5.74, 6) is -11.4. The molecular weight excluding hydrogens is 876 g/mol. The van der Waals surface area contributed by atoms with Crippen LogP contribution in [0.25, 0.3) is 0 Å². The van der Waals surface area contributed by atoms with Crippen molar-refractivity contribution in [2.45, 2.75) is 113 Å². The van der Waals surface area contributed by atoms with Crippen molar-refractivity contribution >= 4 is 65.1 Å². The second-order valence-corrected chi connectivity index (χ2v) is 15.2. The molecule has 1 saturated heterocycles. The van der Waals surface area contributed by atoms with E-state index < -0.39 is 159 Å². The summed E-state index contributed by atoms with van der Waals surface area (Å²) >= 11 is 0. The zero-order valence-electron chi connectivity index (χ0n) is 36.2. The summed E-state index contributed by atoms with van der Waals surface area (Å²) in [6.45, 7) is -1.32. The molecule has 66 heavy (non-hydrogen) atoms. The predicted octanol–water partition coefficient (Wildman–Crippen LogP) is -6.06. The van der Waals surface area contributed by atoms with Crippen LogP contribution >= 0.6 is 0 Å². The van der Waals surface area contributed by atoms with E-state index in [1.165, 1.54) is 0 Å². The Morgan fingerprint density at radius 1 is 0.621 bits per heavy atom. The van der Waals surface area contributed by atoms with Crippen molar-refractivity contribution in [2.24, 2.45) is 5.73 Å². The number of hydrogen-bond acceptors (Lipinski definition) is 15. The van der Waals surface area contributed by atoms with Crippen LogP contribution < -0.4 is 53.6 Å². The summed E-state index contributed by atoms with van der Waals surface area (Å²) < 4.78 is 0. The largest absolute Gasteiger partial charge is 0.481 e. The molecule has 1 aliphatic rings. The highest BCUT2D eigenvalue weighted by atomic mass is 16.4. The molecule has 0 unspecified atom stereocenters. The third-order valence-corrected chi connectivity index (χ3v) is 10.0. The molecule has 0 radical (unpaired) electrons. The number of carbonyl (C=O) groups is 11. The minimum atomic E-state index is -1.84. The lowest BCUT2D eigenvalue weighted by molar-refractivity contribution is -0.142. The molecule has 9 amide bonds. The fourth-order valence-electron chi connectivity index (χ4n) is 6.23. The Balaban J connectivity index is 2.28. The van der Waals surface area contributed by atoms with Gasteiger partial charge in [0.05, 0.1) is 25.9 Å². The third-order valence-electron chi connectivity index (χ3n) is 10.0. The van der Waals surface area contributed by atoms with E-state index in [-0.39, 0.29) is 25.8 Å². The van der Waals surface area contributed by atoms with Crippen molar-refractivity contribution in [3.05, 3.63) is 35.9 Å². The van der Waals surface area contributed by atoms with Gasteiger partial charge in [0, 0.05) is 24.9 Å². The highest BCUT2D eigenvalue weighted by molar-refractivity contribution is 5.98. The molecule has 1 fully saturated rings. The number of nitrogens with one attached hydrogen (secondary N) is 9. The average molecular weight is 937 g/mol. The van der Waals surface area contributed by atoms with Gasteiger partial charge in [-0.3, -0.25) is 52.7 Å². The second kappa shape index (κ2) is 28.9. The molecule has 1 aromatic rings. The minimum absolute atomic E-state index is 0.101. The molecule has 0 aromatic heterocycles. The maximum Gasteiger partial charge on any atom is 0.325 e. The Morgan fingerprint density at radius 3 is 1.53 bits per heavy atom. The summed E-state index contributed by atoms with van der Waals surface area (Å²) in [5, 5.41) is 69.8. The summed E-state index contributed by atoms with van der Waals surface area (Å²) in [6.07, 6.45) is -0.790. The van der Waals surface area contributed by atoms with Gasteiger partial charge in [0.1, 0.15) is 42.3 Å². The van der Waals surface area contributed by atoms with E-state index in [9.17, 15) is 73.2 Å². The number of hydrogen-bond donors (Lipinski definition) is 15. The minimum Gasteiger partial charge on any atom is -0.481 e. The first kappa shape index (κ1) is 55.4. The Hall–Kier alpha value is -6.77. The van der Waals surface area contributed by atoms with Gasteiger partial charge in [-0.15, -0.1) is 0 Å². The highest BCUT2D eigenvalue weighted by Gasteiger charge is 2.34. The van der Waals surface area contributed by atoms with Crippen LogP contribution in [-0.4, -0.2) is 172 Å². The number of aliphatic hydroxyl groups is 3. The van der Waals surface area contributed by atoms with Crippen molar-refractivity contribution in [3.8, 4) is 0 Å². The molecular formula is C40H60N10O16. The maximum atomic E-state index is 13.7. The number of aliphatic hydroxyl groups excluding tert-OH is 3. The number of primary amides is 1. The predicted molar refractivity (Wildman–Crippen MR) is 227 cm³/mol. The first-order chi connectivity index (χ1) is 31.3. The van der Waals surface area contributed by atoms with Gasteiger partial charge in [-0.25, -0.2) is 0 Å². The fourth-order valence-corrected chi connectivity index (χ4v) is 6.23. The topological polar surface area (TPSA) is 423 Å². The molecule has 1 aromatic carbocycles. The molecule has 2 rings (SSSR count). The van der Waals surface area contributed by atoms with Gasteiger partial charge >= 0.3 is 11.9 Å². The Morgan fingerprint density at radius 2 is 1.08 bits per heavy atom. The number of aliphatic carboxylic acids is 2. The first-order valence-corrected chi connectivity index (χ1v) is 21.1. The van der Waals surface area contributed by atoms with Gasteiger partial charge in [-0.2, -0.15) is 0 Å². The van der Waals surface area contributed by atoms with E-state index in [1.54, 1.807) is 30.3 Å². The van der Waals surface area contributed by atoms with Crippen molar-refractivity contribution in [2.75, 3.05) is 32.9 Å². The summed E-state index contributed by atoms with van der Waals surface area (Å²) in [4.78, 5) is 139. The molecule has 26 heteroatoms. The van der Waals surface area contributed by atoms with Crippen LogP contribution in [0.4, 0.5) is 0 Å². The van der Waals surface area contributed by atoms with Gasteiger partial charge in [-0.05, 0) is 70.5 Å². The van der Waals surface area contributed by atoms with E-state index in [0.717, 1.165) is 6.92 Å². The number of nitrogens with two attached hydrogens (primary N) is 1. The van der Waals surface area contributed by atoms with E-state index in [2.05, 4.69) is 47.9 Å². The average Bonchev–Trinajstić information content (AvgIpc) is 3.84. The van der Waals surface area contributed by atoms with Crippen LogP contribution in [0.15, 0.2) is 30.3 Å². The SMILES string of the molecule is C[C@H](NC(=O)[C@H](CCC(=O)O)NC(=O)[C@H](CO)NC(=O)[C@H](CCCCNC(=O)c1ccccc1)NC(=O)[C@H](CO)NC(=O)[C@H](CCC(N)=O)NC(=O)[C@H](CO)NC(=O)[C@@H]1CCCN1)C(=O)O. The molecule has 366 valence electrons. The van der Waals surface area contributed by atoms with Crippen LogP contribution in [0.3, 0.4) is 0 Å². The molecule has 16 N–H and O–H groups in total. The molecule has 1 heterocycles. The van der Waals surface area contributed by atoms with Crippen LogP contribution in [-0.2, 0) is 47.9 Å². The number of carboxylic acids is 2. The lowest BCUT2D eigenvalue weighted by Gasteiger charge is -2.27. The zero-order valence-corrected chi connectivity index (χ0v) is 36.2. The first-order valence-electron chi connectivity index (χ1n) is 21.1. The summed E-state index contributed by atoms with van der Waals surface area (Å²) in [6, 6.07) is -3.94. The second-order valence-electron chi connectivity index (χ2n) is 15.2. The van der Waals surface area contributed by atoms with E-state index in [4.69, 9.17) is 10.8 Å². The van der Waals surface area contributed by atoms with Crippen LogP contribution in [0.2, 0.25) is 0 Å². The number of carboxylic acid groups (broad SMARTS) is 2. The molecule has 0 bridgehead atoms. The molecule has 0 aliphatic carbocycles. The lowest BCUT2D eigenvalue weighted by Crippen LogP contribution is -2.61. The number of unbranched alkanes of at least 4 members (excludes halogenated alkanes) is 1. The van der Waals surface area contributed by atoms with Crippen molar-refractivity contribution in [3.63, 3.8) is 0 Å². The molecule has 0 saturated carbocycles. The lowest BCUT2D eigenvalue weighted by atomic mass is 10.1. The molecule has 1 aliphatic heterocycles. The van der Waals surface area contributed by atoms with E-state index in [0.29, 0.717) is 24.9 Å². The van der Waals surface area contributed by atoms with E-state index in [1.807, 2.05) is 0 Å². The quantitative estimate of drug-likeness (QED) is 0.0319. The van der Waals surface area contributed by atoms with Gasteiger partial charge in [0.15, 0.2) is 0 Å². The van der Waals surface area contributed by atoms with Gasteiger partial charge in [0.25, 0.3) is 5.91 Å². The van der Waals surface area contributed by atoms with Crippen LogP contribution in [0.5, 0.6) is 0 Å². The smallest absolute Gasteiger partial charge is 0.325 e. The fraction of sp³-hybridized carbons (Fsp3) is 0.575. The van der Waals surface area contributed by atoms with E-state index >= 15 is 0 Å². The Bertz CT molecular complexity index is 1870. The molecule has 26 nitrogen and oxygen atoms in total. The van der Waals surface area contributed by atoms with Crippen LogP contribution in [0.1, 0.15) is 75.1 Å². The Labute approximate surface area is 378 Å². The number of benzene rings is 1. The van der Waals surface area contributed by atoms with Gasteiger partial charge in [-0.1, -0.05) is 18.2 Å². The standard InChI is InChI=1S/C40H60N10O16/c1-21(40(65)66)44-34(59)26(13-15-31(55)56)47-39(64)29(20-53)49-35(60)24(10-5-6-16-43-32(57)22-8-3-2-4-9-22)45-37(62)28(19-52)50-36(61)25(12-14-30(41)54)46-38(63)27(18-51)48-33(58)23-11-7-17-42-23/h2-4,8-9,21,23-29,42,51-53H,5-7,10-20H2,1H3,(H2,41,54)(H,43,57)(H,44,59)(H,45,62)(H,46,63)(H,47,64)(H,48,58)(H,49,60)(H,50,61)(H,55,56)(H,65,66)/t21-,23-,24-,25-,26-,27-,28-,29-/m0/s1. The Kier molecular flexibility index (Phi) is 24.2. The zero-order chi connectivity index (χ0) is 49.3. The maximum absolute atomic E-state index is 13.7. The number of amides is 9. The van der Waals surface area contributed by atoms with Gasteiger partial charge < -0.3 is 79.1 Å². The van der Waals surface area contributed by atoms with Gasteiger partial charge in [0.2, 0.25) is 47.3 Å². The highest BCUT2D eigenvalue weighted by Crippen LogP contribution is 2.08. The van der Waals surface area contributed by atoms with Crippen LogP contribution in [0, 0.1) is 0 Å². The van der Waals surface area contributed by atoms with Crippen molar-refractivity contribution in [1.82, 2.24) is 47.9 Å². The number of carbonyl (C=O) groups excluding carboxylic acids is 9. The normalized spacial score (nSPS) is 16.3. The monoisotopic (exact) mass is 936 g/mol. The molecule has 0 spiro atoms. The third kappa shape index (κ3) is 19.5. The molecule has 8 atom stereocenters. The summed E-state index contributed by atoms with van der Waals surface area (Å²) in [7, 11) is 0.